The van der Waals surface area contributed by atoms with Crippen molar-refractivity contribution in [1.82, 2.24) is 19.5 Å². The van der Waals surface area contributed by atoms with E-state index in [0.717, 1.165) is 42.2 Å². The highest BCUT2D eigenvalue weighted by molar-refractivity contribution is 7.99. The molecule has 1 aliphatic rings. The number of thioether (sulfide) groups is 1. The van der Waals surface area contributed by atoms with Gasteiger partial charge in [0.25, 0.3) is 0 Å². The second-order valence-electron chi connectivity index (χ2n) is 7.09. The van der Waals surface area contributed by atoms with Crippen LogP contribution in [0.3, 0.4) is 0 Å². The van der Waals surface area contributed by atoms with E-state index in [0.29, 0.717) is 24.4 Å². The molecule has 4 rings (SSSR count). The van der Waals surface area contributed by atoms with Gasteiger partial charge in [-0.25, -0.2) is 8.78 Å². The SMILES string of the molecule is CC(O)c1cccn2c(SCCN3CCN(c4ccc(F)cc4F)CC3)nnc12. The van der Waals surface area contributed by atoms with Crippen LogP contribution in [0.1, 0.15) is 18.6 Å². The van der Waals surface area contributed by atoms with Gasteiger partial charge in [0.1, 0.15) is 11.6 Å². The number of piperazine rings is 1. The number of pyridine rings is 1. The number of halogens is 2. The van der Waals surface area contributed by atoms with Crippen molar-refractivity contribution in [2.24, 2.45) is 0 Å². The molecule has 154 valence electrons. The molecule has 0 radical (unpaired) electrons. The number of aromatic nitrogens is 3. The fraction of sp³-hybridized carbons (Fsp3) is 0.400. The van der Waals surface area contributed by atoms with Crippen LogP contribution < -0.4 is 4.90 Å². The number of fused-ring (bicyclic) bond motifs is 1. The predicted octanol–water partition coefficient (Wildman–Crippen LogP) is 2.98. The Morgan fingerprint density at radius 1 is 1.14 bits per heavy atom. The monoisotopic (exact) mass is 419 g/mol. The Labute approximate surface area is 172 Å². The number of aliphatic hydroxyl groups is 1. The van der Waals surface area contributed by atoms with E-state index in [-0.39, 0.29) is 0 Å². The van der Waals surface area contributed by atoms with Crippen LogP contribution in [-0.4, -0.2) is 63.1 Å². The van der Waals surface area contributed by atoms with Gasteiger partial charge in [0, 0.05) is 56.3 Å². The molecule has 6 nitrogen and oxygen atoms in total. The van der Waals surface area contributed by atoms with Gasteiger partial charge in [-0.3, -0.25) is 9.30 Å². The Hall–Kier alpha value is -2.23. The molecule has 0 bridgehead atoms. The molecule has 0 spiro atoms. The maximum Gasteiger partial charge on any atom is 0.195 e. The molecule has 1 fully saturated rings. The molecule has 2 aromatic heterocycles. The van der Waals surface area contributed by atoms with E-state index in [9.17, 15) is 13.9 Å². The number of hydrogen-bond donors (Lipinski definition) is 1. The molecule has 3 heterocycles. The Morgan fingerprint density at radius 3 is 2.66 bits per heavy atom. The largest absolute Gasteiger partial charge is 0.389 e. The molecule has 1 N–H and O–H groups in total. The molecule has 29 heavy (non-hydrogen) atoms. The maximum atomic E-state index is 14.0. The Kier molecular flexibility index (Phi) is 5.98. The predicted molar refractivity (Wildman–Crippen MR) is 109 cm³/mol. The summed E-state index contributed by atoms with van der Waals surface area (Å²) in [6.07, 6.45) is 1.31. The first-order valence-corrected chi connectivity index (χ1v) is 10.6. The van der Waals surface area contributed by atoms with Gasteiger partial charge in [-0.1, -0.05) is 17.8 Å². The Morgan fingerprint density at radius 2 is 1.93 bits per heavy atom. The third-order valence-corrected chi connectivity index (χ3v) is 6.07. The van der Waals surface area contributed by atoms with Gasteiger partial charge >= 0.3 is 0 Å². The first-order valence-electron chi connectivity index (χ1n) is 9.60. The van der Waals surface area contributed by atoms with Crippen LogP contribution >= 0.6 is 11.8 Å². The van der Waals surface area contributed by atoms with Crippen LogP contribution in [0.25, 0.3) is 5.65 Å². The van der Waals surface area contributed by atoms with Crippen LogP contribution in [-0.2, 0) is 0 Å². The van der Waals surface area contributed by atoms with Crippen molar-refractivity contribution in [3.63, 3.8) is 0 Å². The molecule has 1 unspecified atom stereocenters. The van der Waals surface area contributed by atoms with Crippen LogP contribution in [0.15, 0.2) is 41.7 Å². The normalized spacial score (nSPS) is 16.5. The van der Waals surface area contributed by atoms with Crippen molar-refractivity contribution in [2.45, 2.75) is 18.2 Å². The highest BCUT2D eigenvalue weighted by atomic mass is 32.2. The van der Waals surface area contributed by atoms with Crippen LogP contribution in [0.2, 0.25) is 0 Å². The van der Waals surface area contributed by atoms with Gasteiger partial charge in [0.2, 0.25) is 0 Å². The van der Waals surface area contributed by atoms with E-state index in [1.807, 2.05) is 27.6 Å². The lowest BCUT2D eigenvalue weighted by atomic mass is 10.2. The Bertz CT molecular complexity index is 988. The zero-order chi connectivity index (χ0) is 20.4. The van der Waals surface area contributed by atoms with E-state index >= 15 is 0 Å². The maximum absolute atomic E-state index is 14.0. The third-order valence-electron chi connectivity index (χ3n) is 5.15. The molecule has 1 aromatic carbocycles. The molecular formula is C20H23F2N5OS. The minimum Gasteiger partial charge on any atom is -0.389 e. The molecule has 3 aromatic rings. The topological polar surface area (TPSA) is 56.9 Å². The summed E-state index contributed by atoms with van der Waals surface area (Å²) in [7, 11) is 0. The third kappa shape index (κ3) is 4.36. The number of aliphatic hydroxyl groups excluding tert-OH is 1. The van der Waals surface area contributed by atoms with Crippen molar-refractivity contribution in [3.8, 4) is 0 Å². The molecule has 0 saturated carbocycles. The van der Waals surface area contributed by atoms with Crippen molar-refractivity contribution in [1.29, 1.82) is 0 Å². The van der Waals surface area contributed by atoms with Gasteiger partial charge in [0.05, 0.1) is 11.8 Å². The summed E-state index contributed by atoms with van der Waals surface area (Å²) < 4.78 is 29.0. The van der Waals surface area contributed by atoms with Gasteiger partial charge in [-0.15, -0.1) is 10.2 Å². The second-order valence-corrected chi connectivity index (χ2v) is 8.15. The van der Waals surface area contributed by atoms with E-state index in [2.05, 4.69) is 15.1 Å². The molecule has 0 aliphatic carbocycles. The lowest BCUT2D eigenvalue weighted by Crippen LogP contribution is -2.47. The number of anilines is 1. The highest BCUT2D eigenvalue weighted by Crippen LogP contribution is 2.24. The Balaban J connectivity index is 1.30. The van der Waals surface area contributed by atoms with Crippen molar-refractivity contribution < 1.29 is 13.9 Å². The summed E-state index contributed by atoms with van der Waals surface area (Å²) in [5.41, 5.74) is 1.90. The van der Waals surface area contributed by atoms with Gasteiger partial charge in [0.15, 0.2) is 10.8 Å². The summed E-state index contributed by atoms with van der Waals surface area (Å²) in [5.74, 6) is -0.210. The molecule has 9 heteroatoms. The van der Waals surface area contributed by atoms with Crippen molar-refractivity contribution in [2.75, 3.05) is 43.4 Å². The van der Waals surface area contributed by atoms with Crippen molar-refractivity contribution >= 4 is 23.1 Å². The lowest BCUT2D eigenvalue weighted by Gasteiger charge is -2.36. The first kappa shape index (κ1) is 20.1. The molecule has 1 saturated heterocycles. The van der Waals surface area contributed by atoms with E-state index < -0.39 is 17.7 Å². The molecule has 1 atom stereocenters. The average Bonchev–Trinajstić information content (AvgIpc) is 3.12. The van der Waals surface area contributed by atoms with Gasteiger partial charge < -0.3 is 10.0 Å². The van der Waals surface area contributed by atoms with Gasteiger partial charge in [-0.05, 0) is 25.1 Å². The lowest BCUT2D eigenvalue weighted by molar-refractivity contribution is 0.200. The standard InChI is InChI=1S/C20H23F2N5OS/c1-14(28)16-3-2-6-27-19(16)23-24-20(27)29-12-11-25-7-9-26(10-8-25)18-5-4-15(21)13-17(18)22/h2-6,13-14,28H,7-12H2,1H3. The van der Waals surface area contributed by atoms with Crippen molar-refractivity contribution in [3.05, 3.63) is 53.7 Å². The second kappa shape index (κ2) is 8.64. The smallest absolute Gasteiger partial charge is 0.195 e. The number of rotatable bonds is 6. The van der Waals surface area contributed by atoms with Crippen LogP contribution in [0, 0.1) is 11.6 Å². The highest BCUT2D eigenvalue weighted by Gasteiger charge is 2.20. The molecule has 1 aliphatic heterocycles. The first-order chi connectivity index (χ1) is 14.0. The minimum absolute atomic E-state index is 0.462. The van der Waals surface area contributed by atoms with Crippen LogP contribution in [0.4, 0.5) is 14.5 Å². The summed E-state index contributed by atoms with van der Waals surface area (Å²) in [6.45, 7) is 5.66. The van der Waals surface area contributed by atoms with E-state index in [1.54, 1.807) is 18.7 Å². The molecule has 0 amide bonds. The van der Waals surface area contributed by atoms with Crippen LogP contribution in [0.5, 0.6) is 0 Å². The summed E-state index contributed by atoms with van der Waals surface area (Å²) in [4.78, 5) is 4.29. The summed E-state index contributed by atoms with van der Waals surface area (Å²) >= 11 is 1.62. The number of hydrogen-bond acceptors (Lipinski definition) is 6. The average molecular weight is 420 g/mol. The quantitative estimate of drug-likeness (QED) is 0.620. The summed E-state index contributed by atoms with van der Waals surface area (Å²) in [6, 6.07) is 7.48. The zero-order valence-electron chi connectivity index (χ0n) is 16.1. The summed E-state index contributed by atoms with van der Waals surface area (Å²) in [5, 5.41) is 19.1. The van der Waals surface area contributed by atoms with E-state index in [1.165, 1.54) is 12.1 Å². The fourth-order valence-electron chi connectivity index (χ4n) is 3.56. The molecular weight excluding hydrogens is 396 g/mol. The number of benzene rings is 1. The van der Waals surface area contributed by atoms with Gasteiger partial charge in [-0.2, -0.15) is 0 Å². The number of nitrogens with zero attached hydrogens (tertiary/aromatic N) is 5. The van der Waals surface area contributed by atoms with E-state index in [4.69, 9.17) is 0 Å². The fourth-order valence-corrected chi connectivity index (χ4v) is 4.47. The minimum atomic E-state index is -0.594. The zero-order valence-corrected chi connectivity index (χ0v) is 16.9.